The van der Waals surface area contributed by atoms with Gasteiger partial charge in [0.1, 0.15) is 5.75 Å². The van der Waals surface area contributed by atoms with E-state index in [9.17, 15) is 4.79 Å². The lowest BCUT2D eigenvalue weighted by atomic mass is 10.1. The maximum Gasteiger partial charge on any atom is 0.337 e. The zero-order valence-electron chi connectivity index (χ0n) is 8.14. The fourth-order valence-corrected chi connectivity index (χ4v) is 1.10. The second-order valence-corrected chi connectivity index (χ2v) is 2.95. The van der Waals surface area contributed by atoms with E-state index in [1.54, 1.807) is 12.1 Å². The summed E-state index contributed by atoms with van der Waals surface area (Å²) in [6.07, 6.45) is 0.483. The van der Waals surface area contributed by atoms with Crippen LogP contribution in [0.2, 0.25) is 0 Å². The van der Waals surface area contributed by atoms with Crippen molar-refractivity contribution < 1.29 is 19.7 Å². The minimum atomic E-state index is -1.08. The van der Waals surface area contributed by atoms with Crippen molar-refractivity contribution in [3.05, 3.63) is 23.8 Å². The van der Waals surface area contributed by atoms with Crippen molar-refractivity contribution in [3.8, 4) is 5.75 Å². The van der Waals surface area contributed by atoms with Gasteiger partial charge in [-0.05, 0) is 12.1 Å². The topological polar surface area (TPSA) is 92.8 Å². The lowest BCUT2D eigenvalue weighted by Gasteiger charge is -2.09. The van der Waals surface area contributed by atoms with Gasteiger partial charge in [0.15, 0.2) is 0 Å². The molecule has 0 spiro atoms. The van der Waals surface area contributed by atoms with E-state index < -0.39 is 5.97 Å². The molecule has 15 heavy (non-hydrogen) atoms. The van der Waals surface area contributed by atoms with Gasteiger partial charge < -0.3 is 20.7 Å². The smallest absolute Gasteiger partial charge is 0.337 e. The number of ether oxygens (including phenoxy) is 1. The number of nitrogen functional groups attached to an aromatic ring is 1. The number of para-hydroxylation sites is 1. The van der Waals surface area contributed by atoms with Crippen molar-refractivity contribution in [1.82, 2.24) is 0 Å². The molecule has 0 unspecified atom stereocenters. The molecular formula is C10H13NO4. The van der Waals surface area contributed by atoms with Crippen LogP contribution in [0.4, 0.5) is 5.69 Å². The fraction of sp³-hybridized carbons (Fsp3) is 0.300. The van der Waals surface area contributed by atoms with E-state index in [1.807, 2.05) is 0 Å². The van der Waals surface area contributed by atoms with Crippen LogP contribution in [0.25, 0.3) is 0 Å². The van der Waals surface area contributed by atoms with Crippen LogP contribution >= 0.6 is 0 Å². The van der Waals surface area contributed by atoms with E-state index in [0.29, 0.717) is 18.8 Å². The molecule has 0 amide bonds. The van der Waals surface area contributed by atoms with Gasteiger partial charge in [0, 0.05) is 13.0 Å². The standard InChI is InChI=1S/C10H13NO4/c11-9-7(10(13)14)3-1-4-8(9)15-6-2-5-12/h1,3-4,12H,2,5-6,11H2,(H,13,14). The van der Waals surface area contributed by atoms with E-state index in [0.717, 1.165) is 0 Å². The van der Waals surface area contributed by atoms with Crippen molar-refractivity contribution in [2.24, 2.45) is 0 Å². The number of aliphatic hydroxyl groups is 1. The van der Waals surface area contributed by atoms with Gasteiger partial charge in [-0.3, -0.25) is 0 Å². The first kappa shape index (κ1) is 11.3. The normalized spacial score (nSPS) is 9.93. The average Bonchev–Trinajstić information content (AvgIpc) is 2.20. The van der Waals surface area contributed by atoms with E-state index in [1.165, 1.54) is 6.07 Å². The molecule has 0 atom stereocenters. The summed E-state index contributed by atoms with van der Waals surface area (Å²) in [4.78, 5) is 10.7. The molecule has 5 heteroatoms. The Balaban J connectivity index is 2.80. The Morgan fingerprint density at radius 2 is 2.20 bits per heavy atom. The average molecular weight is 211 g/mol. The molecule has 4 N–H and O–H groups in total. The Morgan fingerprint density at radius 1 is 1.47 bits per heavy atom. The number of carboxylic acid groups (broad SMARTS) is 1. The molecule has 0 aliphatic heterocycles. The predicted octanol–water partition coefficient (Wildman–Crippen LogP) is 0.728. The van der Waals surface area contributed by atoms with Gasteiger partial charge in [-0.15, -0.1) is 0 Å². The van der Waals surface area contributed by atoms with Crippen molar-refractivity contribution in [2.75, 3.05) is 18.9 Å². The van der Waals surface area contributed by atoms with E-state index in [-0.39, 0.29) is 17.9 Å². The molecule has 82 valence electrons. The molecule has 5 nitrogen and oxygen atoms in total. The monoisotopic (exact) mass is 211 g/mol. The van der Waals surface area contributed by atoms with Crippen LogP contribution in [0.15, 0.2) is 18.2 Å². The van der Waals surface area contributed by atoms with E-state index in [4.69, 9.17) is 20.7 Å². The molecule has 0 saturated heterocycles. The number of nitrogens with two attached hydrogens (primary N) is 1. The van der Waals surface area contributed by atoms with Gasteiger partial charge in [0.05, 0.1) is 17.9 Å². The maximum atomic E-state index is 10.7. The van der Waals surface area contributed by atoms with Crippen molar-refractivity contribution >= 4 is 11.7 Å². The van der Waals surface area contributed by atoms with Crippen LogP contribution in [-0.2, 0) is 0 Å². The minimum absolute atomic E-state index is 0.0245. The zero-order valence-corrected chi connectivity index (χ0v) is 8.14. The highest BCUT2D eigenvalue weighted by atomic mass is 16.5. The van der Waals surface area contributed by atoms with Crippen LogP contribution in [0.1, 0.15) is 16.8 Å². The molecule has 0 aliphatic carbocycles. The van der Waals surface area contributed by atoms with Crippen molar-refractivity contribution in [1.29, 1.82) is 0 Å². The molecule has 1 aromatic carbocycles. The molecule has 0 aliphatic rings. The third kappa shape index (κ3) is 2.85. The summed E-state index contributed by atoms with van der Waals surface area (Å²) in [5, 5.41) is 17.3. The van der Waals surface area contributed by atoms with Crippen molar-refractivity contribution in [3.63, 3.8) is 0 Å². The van der Waals surface area contributed by atoms with Crippen LogP contribution < -0.4 is 10.5 Å². The van der Waals surface area contributed by atoms with E-state index >= 15 is 0 Å². The van der Waals surface area contributed by atoms with Crippen LogP contribution in [0.5, 0.6) is 5.75 Å². The molecule has 0 aromatic heterocycles. The first-order valence-electron chi connectivity index (χ1n) is 4.52. The number of carboxylic acids is 1. The summed E-state index contributed by atoms with van der Waals surface area (Å²) < 4.78 is 5.22. The molecule has 1 aromatic rings. The number of hydrogen-bond acceptors (Lipinski definition) is 4. The quantitative estimate of drug-likeness (QED) is 0.493. The SMILES string of the molecule is Nc1c(OCCCO)cccc1C(=O)O. The highest BCUT2D eigenvalue weighted by Crippen LogP contribution is 2.25. The highest BCUT2D eigenvalue weighted by Gasteiger charge is 2.11. The van der Waals surface area contributed by atoms with Crippen LogP contribution in [0.3, 0.4) is 0 Å². The number of hydrogen-bond donors (Lipinski definition) is 3. The van der Waals surface area contributed by atoms with E-state index in [2.05, 4.69) is 0 Å². The third-order valence-corrected chi connectivity index (χ3v) is 1.86. The molecule has 0 heterocycles. The number of anilines is 1. The Hall–Kier alpha value is -1.75. The molecule has 0 fully saturated rings. The molecule has 0 radical (unpaired) electrons. The number of carbonyl (C=O) groups is 1. The highest BCUT2D eigenvalue weighted by molar-refractivity contribution is 5.95. The maximum absolute atomic E-state index is 10.7. The lowest BCUT2D eigenvalue weighted by molar-refractivity contribution is 0.0697. The summed E-state index contributed by atoms with van der Waals surface area (Å²) in [6, 6.07) is 4.57. The summed E-state index contributed by atoms with van der Waals surface area (Å²) in [5.41, 5.74) is 5.74. The molecular weight excluding hydrogens is 198 g/mol. The fourth-order valence-electron chi connectivity index (χ4n) is 1.10. The lowest BCUT2D eigenvalue weighted by Crippen LogP contribution is -2.06. The largest absolute Gasteiger partial charge is 0.491 e. The zero-order chi connectivity index (χ0) is 11.3. The minimum Gasteiger partial charge on any atom is -0.491 e. The van der Waals surface area contributed by atoms with Crippen LogP contribution in [-0.4, -0.2) is 29.4 Å². The number of aromatic carboxylic acids is 1. The second kappa shape index (κ2) is 5.21. The summed E-state index contributed by atoms with van der Waals surface area (Å²) in [6.45, 7) is 0.336. The van der Waals surface area contributed by atoms with Gasteiger partial charge >= 0.3 is 5.97 Å². The Morgan fingerprint density at radius 3 is 2.80 bits per heavy atom. The summed E-state index contributed by atoms with van der Waals surface area (Å²) >= 11 is 0. The van der Waals surface area contributed by atoms with Gasteiger partial charge in [0.2, 0.25) is 0 Å². The number of aliphatic hydroxyl groups excluding tert-OH is 1. The van der Waals surface area contributed by atoms with Gasteiger partial charge in [-0.1, -0.05) is 6.07 Å². The third-order valence-electron chi connectivity index (χ3n) is 1.86. The van der Waals surface area contributed by atoms with Crippen molar-refractivity contribution in [2.45, 2.75) is 6.42 Å². The van der Waals surface area contributed by atoms with Gasteiger partial charge in [-0.2, -0.15) is 0 Å². The first-order chi connectivity index (χ1) is 7.16. The molecule has 0 bridgehead atoms. The van der Waals surface area contributed by atoms with Gasteiger partial charge in [-0.25, -0.2) is 4.79 Å². The Bertz CT molecular complexity index is 351. The Labute approximate surface area is 87.1 Å². The summed E-state index contributed by atoms with van der Waals surface area (Å²) in [5.74, 6) is -0.747. The van der Waals surface area contributed by atoms with Gasteiger partial charge in [0.25, 0.3) is 0 Å². The summed E-state index contributed by atoms with van der Waals surface area (Å²) in [7, 11) is 0. The van der Waals surface area contributed by atoms with Crippen LogP contribution in [0, 0.1) is 0 Å². The Kier molecular flexibility index (Phi) is 3.93. The number of benzene rings is 1. The number of rotatable bonds is 5. The molecule has 1 rings (SSSR count). The first-order valence-corrected chi connectivity index (χ1v) is 4.52. The molecule has 0 saturated carbocycles. The predicted molar refractivity (Wildman–Crippen MR) is 55.0 cm³/mol. The second-order valence-electron chi connectivity index (χ2n) is 2.95.